The zero-order valence-electron chi connectivity index (χ0n) is 35.0. The third kappa shape index (κ3) is 5.48. The van der Waals surface area contributed by atoms with Crippen LogP contribution in [0.3, 0.4) is 0 Å². The first-order valence-electron chi connectivity index (χ1n) is 21.1. The zero-order valence-corrected chi connectivity index (χ0v) is 35.0. The Balaban J connectivity index is 1.21. The monoisotopic (exact) mass is 754 g/mol. The van der Waals surface area contributed by atoms with E-state index in [1.54, 1.807) is 0 Å². The summed E-state index contributed by atoms with van der Waals surface area (Å²) in [7, 11) is 0. The van der Waals surface area contributed by atoms with E-state index in [1.807, 2.05) is 0 Å². The molecular weight excluding hydrogens is 703 g/mol. The Morgan fingerprint density at radius 1 is 0.500 bits per heavy atom. The van der Waals surface area contributed by atoms with E-state index in [-0.39, 0.29) is 12.1 Å². The Morgan fingerprint density at radius 3 is 1.90 bits per heavy atom. The van der Waals surface area contributed by atoms with Gasteiger partial charge in [0, 0.05) is 33.6 Å². The lowest BCUT2D eigenvalue weighted by atomic mass is 9.34. The molecular formula is C54H51BN2O. The molecule has 0 aliphatic carbocycles. The number of ether oxygens (including phenoxy) is 1. The lowest BCUT2D eigenvalue weighted by Crippen LogP contribution is -2.57. The van der Waals surface area contributed by atoms with Crippen LogP contribution in [0.5, 0.6) is 11.5 Å². The third-order valence-corrected chi connectivity index (χ3v) is 13.0. The molecule has 0 N–H and O–H groups in total. The number of anilines is 3. The van der Waals surface area contributed by atoms with Crippen LogP contribution in [0.25, 0.3) is 27.5 Å². The van der Waals surface area contributed by atoms with Crippen LogP contribution in [-0.2, 0) is 5.41 Å². The van der Waals surface area contributed by atoms with Gasteiger partial charge in [0.25, 0.3) is 6.71 Å². The highest BCUT2D eigenvalue weighted by Gasteiger charge is 2.39. The first kappa shape index (κ1) is 36.4. The predicted octanol–water partition coefficient (Wildman–Crippen LogP) is 12.9. The highest BCUT2D eigenvalue weighted by molar-refractivity contribution is 6.97. The van der Waals surface area contributed by atoms with Crippen molar-refractivity contribution in [3.8, 4) is 17.2 Å². The summed E-state index contributed by atoms with van der Waals surface area (Å²) < 4.78 is 9.42. The van der Waals surface area contributed by atoms with E-state index in [0.717, 1.165) is 22.9 Å². The van der Waals surface area contributed by atoms with E-state index in [0.29, 0.717) is 17.8 Å². The van der Waals surface area contributed by atoms with Crippen molar-refractivity contribution < 1.29 is 4.74 Å². The second-order valence-electron chi connectivity index (χ2n) is 17.9. The summed E-state index contributed by atoms with van der Waals surface area (Å²) in [5.41, 5.74) is 17.7. The molecule has 0 bridgehead atoms. The summed E-state index contributed by atoms with van der Waals surface area (Å²) in [5.74, 6) is 3.07. The molecule has 286 valence electrons. The van der Waals surface area contributed by atoms with Crippen molar-refractivity contribution >= 4 is 62.0 Å². The SMILES string of the molecule is CC(C)c1cc(C(C)C)c(B2c3ccccc3Oc3cc(-n4c5ccccc5c5cc6c(cc54)C(C)(C)c4ccccc4N6c4ccccc4)ccc32)c(C(C)C)c1. The molecule has 0 spiro atoms. The van der Waals surface area contributed by atoms with E-state index in [1.165, 1.54) is 77.4 Å². The van der Waals surface area contributed by atoms with Crippen LogP contribution in [0.1, 0.15) is 101 Å². The fraction of sp³-hybridized carbons (Fsp3) is 0.222. The molecule has 58 heavy (non-hydrogen) atoms. The van der Waals surface area contributed by atoms with E-state index in [4.69, 9.17) is 4.74 Å². The normalized spacial score (nSPS) is 14.2. The predicted molar refractivity (Wildman–Crippen MR) is 247 cm³/mol. The summed E-state index contributed by atoms with van der Waals surface area (Å²) in [5, 5.41) is 2.47. The van der Waals surface area contributed by atoms with Gasteiger partial charge in [-0.15, -0.1) is 0 Å². The molecule has 0 fully saturated rings. The fourth-order valence-corrected chi connectivity index (χ4v) is 10.0. The third-order valence-electron chi connectivity index (χ3n) is 13.0. The van der Waals surface area contributed by atoms with Gasteiger partial charge in [0.05, 0.1) is 22.4 Å². The summed E-state index contributed by atoms with van der Waals surface area (Å²) in [6, 6.07) is 54.1. The van der Waals surface area contributed by atoms with Gasteiger partial charge in [-0.1, -0.05) is 152 Å². The number of rotatable bonds is 6. The van der Waals surface area contributed by atoms with E-state index >= 15 is 0 Å². The van der Waals surface area contributed by atoms with Gasteiger partial charge < -0.3 is 14.2 Å². The molecule has 7 aromatic carbocycles. The molecule has 1 aromatic heterocycles. The molecule has 0 atom stereocenters. The average molecular weight is 755 g/mol. The van der Waals surface area contributed by atoms with Gasteiger partial charge in [0.15, 0.2) is 0 Å². The van der Waals surface area contributed by atoms with Crippen molar-refractivity contribution in [2.75, 3.05) is 4.90 Å². The van der Waals surface area contributed by atoms with Crippen molar-refractivity contribution in [1.82, 2.24) is 4.57 Å². The Morgan fingerprint density at radius 2 is 1.16 bits per heavy atom. The van der Waals surface area contributed by atoms with Crippen molar-refractivity contribution in [1.29, 1.82) is 0 Å². The topological polar surface area (TPSA) is 17.4 Å². The maximum absolute atomic E-state index is 6.96. The van der Waals surface area contributed by atoms with Crippen molar-refractivity contribution in [3.63, 3.8) is 0 Å². The molecule has 0 amide bonds. The Kier molecular flexibility index (Phi) is 8.49. The molecule has 2 aliphatic rings. The fourth-order valence-electron chi connectivity index (χ4n) is 10.0. The molecule has 0 unspecified atom stereocenters. The van der Waals surface area contributed by atoms with Crippen LogP contribution in [-0.4, -0.2) is 11.3 Å². The van der Waals surface area contributed by atoms with E-state index < -0.39 is 0 Å². The van der Waals surface area contributed by atoms with E-state index in [9.17, 15) is 0 Å². The quantitative estimate of drug-likeness (QED) is 0.157. The van der Waals surface area contributed by atoms with Gasteiger partial charge in [-0.05, 0) is 105 Å². The Labute approximate surface area is 344 Å². The second-order valence-corrected chi connectivity index (χ2v) is 17.9. The molecule has 3 nitrogen and oxygen atoms in total. The van der Waals surface area contributed by atoms with Crippen LogP contribution in [0.15, 0.2) is 146 Å². The van der Waals surface area contributed by atoms with Crippen LogP contribution >= 0.6 is 0 Å². The lowest BCUT2D eigenvalue weighted by Gasteiger charge is -2.42. The van der Waals surface area contributed by atoms with Gasteiger partial charge in [-0.25, -0.2) is 0 Å². The molecule has 10 rings (SSSR count). The molecule has 0 radical (unpaired) electrons. The summed E-state index contributed by atoms with van der Waals surface area (Å²) in [6.07, 6.45) is 0. The smallest absolute Gasteiger partial charge is 0.251 e. The number of aromatic nitrogens is 1. The Hall–Kier alpha value is -6.00. The van der Waals surface area contributed by atoms with Crippen molar-refractivity contribution in [2.24, 2.45) is 0 Å². The lowest BCUT2D eigenvalue weighted by molar-refractivity contribution is 0.487. The highest BCUT2D eigenvalue weighted by Crippen LogP contribution is 2.53. The van der Waals surface area contributed by atoms with Crippen LogP contribution < -0.4 is 26.0 Å². The number of hydrogen-bond acceptors (Lipinski definition) is 2. The summed E-state index contributed by atoms with van der Waals surface area (Å²) in [4.78, 5) is 2.45. The van der Waals surface area contributed by atoms with Crippen LogP contribution in [0.2, 0.25) is 0 Å². The zero-order chi connectivity index (χ0) is 40.0. The van der Waals surface area contributed by atoms with Gasteiger partial charge in [0.1, 0.15) is 11.5 Å². The first-order chi connectivity index (χ1) is 28.0. The largest absolute Gasteiger partial charge is 0.458 e. The minimum absolute atomic E-state index is 0.0556. The summed E-state index contributed by atoms with van der Waals surface area (Å²) in [6.45, 7) is 18.8. The van der Waals surface area contributed by atoms with E-state index in [2.05, 4.69) is 210 Å². The van der Waals surface area contributed by atoms with Gasteiger partial charge in [0.2, 0.25) is 0 Å². The van der Waals surface area contributed by atoms with Gasteiger partial charge in [-0.2, -0.15) is 0 Å². The first-order valence-corrected chi connectivity index (χ1v) is 21.1. The minimum Gasteiger partial charge on any atom is -0.458 e. The summed E-state index contributed by atoms with van der Waals surface area (Å²) >= 11 is 0. The molecule has 8 aromatic rings. The standard InChI is InChI=1S/C54H51BN2O/c1-33(2)36-28-40(34(3)4)53(41(29-36)35(5)6)55-45-22-14-17-25-51(45)58-52-30-38(26-27-46(52)55)57-47-23-15-12-20-39(47)42-31-50-44(32-49(42)57)54(7,8)43-21-13-16-24-48(43)56(50)37-18-10-9-11-19-37/h9-35H,1-8H3. The average Bonchev–Trinajstić information content (AvgIpc) is 3.55. The van der Waals surface area contributed by atoms with Crippen LogP contribution in [0, 0.1) is 0 Å². The molecule has 2 aliphatic heterocycles. The minimum atomic E-state index is -0.226. The number of nitrogens with zero attached hydrogens (tertiary/aromatic N) is 2. The molecule has 0 saturated heterocycles. The van der Waals surface area contributed by atoms with Crippen molar-refractivity contribution in [2.45, 2.75) is 78.6 Å². The maximum Gasteiger partial charge on any atom is 0.251 e. The van der Waals surface area contributed by atoms with Gasteiger partial charge >= 0.3 is 0 Å². The number of benzene rings is 7. The van der Waals surface area contributed by atoms with Crippen LogP contribution in [0.4, 0.5) is 17.1 Å². The molecule has 4 heteroatoms. The molecule has 0 saturated carbocycles. The maximum atomic E-state index is 6.96. The highest BCUT2D eigenvalue weighted by atomic mass is 16.5. The second kappa shape index (κ2) is 13.6. The Bertz CT molecular complexity index is 2870. The number of fused-ring (bicyclic) bond motifs is 7. The van der Waals surface area contributed by atoms with Gasteiger partial charge in [-0.3, -0.25) is 0 Å². The number of para-hydroxylation sites is 4. The van der Waals surface area contributed by atoms with Crippen molar-refractivity contribution in [3.05, 3.63) is 173 Å². The molecule has 3 heterocycles. The number of hydrogen-bond donors (Lipinski definition) is 0.